The molecule has 4 aromatic rings. The highest BCUT2D eigenvalue weighted by molar-refractivity contribution is 7.98. The fraction of sp³-hybridized carbons (Fsp3) is 0.429. The average molecular weight is 701 g/mol. The van der Waals surface area contributed by atoms with E-state index in [0.717, 1.165) is 34.4 Å². The molecule has 0 saturated carbocycles. The minimum Gasteiger partial charge on any atom is -0.508 e. The molecule has 2 N–H and O–H groups in total. The van der Waals surface area contributed by atoms with E-state index in [1.54, 1.807) is 12.1 Å². The van der Waals surface area contributed by atoms with Crippen molar-refractivity contribution in [2.45, 2.75) is 77.7 Å². The predicted molar refractivity (Wildman–Crippen MR) is 210 cm³/mol. The zero-order valence-corrected chi connectivity index (χ0v) is 31.9. The summed E-state index contributed by atoms with van der Waals surface area (Å²) in [4.78, 5) is 4.95. The summed E-state index contributed by atoms with van der Waals surface area (Å²) in [7, 11) is 0. The number of para-hydroxylation sites is 2. The second-order valence-electron chi connectivity index (χ2n) is 14.4. The van der Waals surface area contributed by atoms with Crippen LogP contribution in [-0.2, 0) is 29.3 Å². The molecule has 0 aliphatic rings. The highest BCUT2D eigenvalue weighted by atomic mass is 32.2. The normalized spacial score (nSPS) is 13.6. The van der Waals surface area contributed by atoms with Gasteiger partial charge in [-0.05, 0) is 49.9 Å². The molecule has 4 aromatic carbocycles. The summed E-state index contributed by atoms with van der Waals surface area (Å²) in [5.41, 5.74) is 4.19. The molecule has 2 atom stereocenters. The number of aromatic hydroxyl groups is 2. The van der Waals surface area contributed by atoms with Crippen LogP contribution in [0.15, 0.2) is 109 Å². The summed E-state index contributed by atoms with van der Waals surface area (Å²) in [6, 6.07) is 36.7. The third kappa shape index (κ3) is 11.8. The topological polar surface area (TPSA) is 56.2 Å². The van der Waals surface area contributed by atoms with Gasteiger partial charge in [0.25, 0.3) is 0 Å². The largest absolute Gasteiger partial charge is 0.508 e. The number of benzene rings is 4. The molecule has 0 spiro atoms. The summed E-state index contributed by atoms with van der Waals surface area (Å²) >= 11 is 3.81. The fourth-order valence-corrected chi connectivity index (χ4v) is 7.99. The molecule has 0 heterocycles. The lowest BCUT2D eigenvalue weighted by molar-refractivity contribution is -0.0289. The number of hydrogen-bond donors (Lipinski definition) is 2. The molecular weight excluding hydrogens is 645 g/mol. The molecule has 0 radical (unpaired) electrons. The zero-order valence-electron chi connectivity index (χ0n) is 30.2. The van der Waals surface area contributed by atoms with Crippen molar-refractivity contribution in [1.82, 2.24) is 9.80 Å². The highest BCUT2D eigenvalue weighted by Gasteiger charge is 2.35. The Morgan fingerprint density at radius 3 is 1.63 bits per heavy atom. The Hall–Kier alpha value is -2.94. The van der Waals surface area contributed by atoms with Crippen LogP contribution in [0.3, 0.4) is 0 Å². The maximum absolute atomic E-state index is 10.6. The van der Waals surface area contributed by atoms with Gasteiger partial charge in [-0.25, -0.2) is 0 Å². The van der Waals surface area contributed by atoms with Crippen molar-refractivity contribution in [3.05, 3.63) is 131 Å². The molecule has 0 aromatic heterocycles. The van der Waals surface area contributed by atoms with Crippen molar-refractivity contribution in [2.24, 2.45) is 11.3 Å². The smallest absolute Gasteiger partial charge is 0.120 e. The molecule has 2 unspecified atom stereocenters. The van der Waals surface area contributed by atoms with Crippen molar-refractivity contribution < 1.29 is 14.9 Å². The van der Waals surface area contributed by atoms with Gasteiger partial charge in [0.15, 0.2) is 0 Å². The Labute approximate surface area is 304 Å². The molecule has 264 valence electrons. The van der Waals surface area contributed by atoms with E-state index < -0.39 is 0 Å². The molecule has 0 saturated heterocycles. The number of phenolic OH excluding ortho intramolecular Hbond substituents is 2. The SMILES string of the molecule is CC(N(CSCc1ccccc1)Cc1ccccc1O)C(C)(C)COCC(C)C(C)(C)N(CSCc1ccccc1)Cc1ccccc1O. The number of hydrogen-bond acceptors (Lipinski definition) is 7. The minimum atomic E-state index is -0.188. The maximum atomic E-state index is 10.6. The summed E-state index contributed by atoms with van der Waals surface area (Å²) < 4.78 is 6.60. The Morgan fingerprint density at radius 2 is 1.10 bits per heavy atom. The fourth-order valence-electron chi connectivity index (χ4n) is 5.76. The summed E-state index contributed by atoms with van der Waals surface area (Å²) in [6.45, 7) is 16.3. The van der Waals surface area contributed by atoms with Gasteiger partial charge >= 0.3 is 0 Å². The molecule has 0 amide bonds. The van der Waals surface area contributed by atoms with Gasteiger partial charge in [0.2, 0.25) is 0 Å². The van der Waals surface area contributed by atoms with Crippen LogP contribution in [0.2, 0.25) is 0 Å². The van der Waals surface area contributed by atoms with Gasteiger partial charge in [0, 0.05) is 64.5 Å². The first-order chi connectivity index (χ1) is 23.5. The minimum absolute atomic E-state index is 0.136. The van der Waals surface area contributed by atoms with E-state index in [-0.39, 0.29) is 22.9 Å². The van der Waals surface area contributed by atoms with Gasteiger partial charge in [0.05, 0.1) is 13.2 Å². The molecule has 4 rings (SSSR count). The van der Waals surface area contributed by atoms with Crippen LogP contribution in [0.5, 0.6) is 11.5 Å². The van der Waals surface area contributed by atoms with Crippen LogP contribution >= 0.6 is 23.5 Å². The van der Waals surface area contributed by atoms with Gasteiger partial charge in [-0.3, -0.25) is 9.80 Å². The molecule has 0 bridgehead atoms. The van der Waals surface area contributed by atoms with Gasteiger partial charge in [0.1, 0.15) is 11.5 Å². The van der Waals surface area contributed by atoms with Crippen molar-refractivity contribution >= 4 is 23.5 Å². The van der Waals surface area contributed by atoms with E-state index >= 15 is 0 Å². The predicted octanol–water partition coefficient (Wildman–Crippen LogP) is 10.0. The standard InChI is InChI=1S/C42H56N2O3S2/c1-33(42(5,6)44(26-38-22-14-16-24-40(38)46)32-49-29-36-19-11-8-12-20-36)27-47-30-41(3,4)34(2)43(25-37-21-13-15-23-39(37)45)31-48-28-35-17-9-7-10-18-35/h7-24,33-34,45-46H,25-32H2,1-6H3. The number of nitrogens with zero attached hydrogens (tertiary/aromatic N) is 2. The quantitative estimate of drug-likeness (QED) is 0.0891. The van der Waals surface area contributed by atoms with Crippen LogP contribution < -0.4 is 0 Å². The van der Waals surface area contributed by atoms with Gasteiger partial charge in [-0.2, -0.15) is 0 Å². The Balaban J connectivity index is 1.40. The average Bonchev–Trinajstić information content (AvgIpc) is 3.09. The van der Waals surface area contributed by atoms with E-state index in [9.17, 15) is 10.2 Å². The van der Waals surface area contributed by atoms with Crippen molar-refractivity contribution in [3.8, 4) is 11.5 Å². The molecule has 0 fully saturated rings. The van der Waals surface area contributed by atoms with Gasteiger partial charge in [-0.1, -0.05) is 118 Å². The lowest BCUT2D eigenvalue weighted by atomic mass is 9.84. The van der Waals surface area contributed by atoms with Crippen molar-refractivity contribution in [2.75, 3.05) is 25.0 Å². The molecule has 0 aliphatic carbocycles. The highest BCUT2D eigenvalue weighted by Crippen LogP contribution is 2.34. The molecule has 49 heavy (non-hydrogen) atoms. The van der Waals surface area contributed by atoms with Crippen LogP contribution in [0.1, 0.15) is 63.8 Å². The number of ether oxygens (including phenoxy) is 1. The number of thioether (sulfide) groups is 2. The first-order valence-corrected chi connectivity index (χ1v) is 19.6. The van der Waals surface area contributed by atoms with Crippen molar-refractivity contribution in [1.29, 1.82) is 0 Å². The molecule has 0 aliphatic heterocycles. The van der Waals surface area contributed by atoms with E-state index in [1.165, 1.54) is 11.1 Å². The first-order valence-electron chi connectivity index (χ1n) is 17.3. The summed E-state index contributed by atoms with van der Waals surface area (Å²) in [5, 5.41) is 21.3. The Bertz CT molecular complexity index is 1530. The third-order valence-electron chi connectivity index (χ3n) is 9.99. The van der Waals surface area contributed by atoms with Crippen LogP contribution in [0.4, 0.5) is 0 Å². The Morgan fingerprint density at radius 1 is 0.633 bits per heavy atom. The van der Waals surface area contributed by atoms with Crippen molar-refractivity contribution in [3.63, 3.8) is 0 Å². The summed E-state index contributed by atoms with van der Waals surface area (Å²) in [5.74, 6) is 4.48. The lowest BCUT2D eigenvalue weighted by Gasteiger charge is -2.44. The first kappa shape index (κ1) is 38.9. The lowest BCUT2D eigenvalue weighted by Crippen LogP contribution is -2.50. The van der Waals surface area contributed by atoms with E-state index in [0.29, 0.717) is 37.8 Å². The van der Waals surface area contributed by atoms with E-state index in [4.69, 9.17) is 4.74 Å². The van der Waals surface area contributed by atoms with Crippen LogP contribution in [0.25, 0.3) is 0 Å². The molecular formula is C42H56N2O3S2. The zero-order chi connectivity index (χ0) is 35.3. The Kier molecular flexibility index (Phi) is 15.0. The molecule has 5 nitrogen and oxygen atoms in total. The molecule has 7 heteroatoms. The third-order valence-corrected chi connectivity index (χ3v) is 12.1. The van der Waals surface area contributed by atoms with Gasteiger partial charge < -0.3 is 14.9 Å². The number of rotatable bonds is 20. The maximum Gasteiger partial charge on any atom is 0.120 e. The van der Waals surface area contributed by atoms with Crippen LogP contribution in [0, 0.1) is 11.3 Å². The second-order valence-corrected chi connectivity index (χ2v) is 16.3. The van der Waals surface area contributed by atoms with Crippen LogP contribution in [-0.4, -0.2) is 56.6 Å². The summed E-state index contributed by atoms with van der Waals surface area (Å²) in [6.07, 6.45) is 0. The van der Waals surface area contributed by atoms with E-state index in [2.05, 4.69) is 112 Å². The van der Waals surface area contributed by atoms with Gasteiger partial charge in [-0.15, -0.1) is 23.5 Å². The number of phenols is 2. The van der Waals surface area contributed by atoms with E-state index in [1.807, 2.05) is 59.9 Å². The second kappa shape index (κ2) is 18.9. The monoisotopic (exact) mass is 700 g/mol.